The van der Waals surface area contributed by atoms with E-state index in [0.717, 1.165) is 10.1 Å². The standard InChI is InChI=1S/C16H19N3OS/c1-11(2)10-19(9-5-8-17)16(20)15-14(18)12-6-3-4-7-13(12)21-15/h3-4,6-7,11H,5,9-10,18H2,1-2H3. The van der Waals surface area contributed by atoms with Gasteiger partial charge in [-0.2, -0.15) is 5.26 Å². The van der Waals surface area contributed by atoms with Crippen LogP contribution in [0.5, 0.6) is 0 Å². The van der Waals surface area contributed by atoms with E-state index >= 15 is 0 Å². The van der Waals surface area contributed by atoms with Crippen LogP contribution < -0.4 is 5.73 Å². The van der Waals surface area contributed by atoms with Gasteiger partial charge >= 0.3 is 0 Å². The van der Waals surface area contributed by atoms with Gasteiger partial charge in [0.2, 0.25) is 0 Å². The normalized spacial score (nSPS) is 10.8. The van der Waals surface area contributed by atoms with Gasteiger partial charge in [0.05, 0.1) is 18.2 Å². The van der Waals surface area contributed by atoms with Crippen molar-refractivity contribution >= 4 is 33.0 Å². The van der Waals surface area contributed by atoms with Crippen LogP contribution in [0.4, 0.5) is 5.69 Å². The number of nitriles is 1. The number of benzene rings is 1. The molecule has 0 aliphatic carbocycles. The van der Waals surface area contributed by atoms with E-state index in [4.69, 9.17) is 11.0 Å². The maximum Gasteiger partial charge on any atom is 0.266 e. The van der Waals surface area contributed by atoms with Crippen molar-refractivity contribution in [1.29, 1.82) is 5.26 Å². The van der Waals surface area contributed by atoms with Gasteiger partial charge in [-0.15, -0.1) is 11.3 Å². The Labute approximate surface area is 128 Å². The highest BCUT2D eigenvalue weighted by molar-refractivity contribution is 7.21. The average Bonchev–Trinajstić information content (AvgIpc) is 2.80. The van der Waals surface area contributed by atoms with E-state index in [0.29, 0.717) is 36.0 Å². The number of thiophene rings is 1. The zero-order chi connectivity index (χ0) is 15.4. The van der Waals surface area contributed by atoms with Gasteiger partial charge in [-0.1, -0.05) is 32.0 Å². The first kappa shape index (κ1) is 15.3. The Hall–Kier alpha value is -2.06. The zero-order valence-corrected chi connectivity index (χ0v) is 13.1. The summed E-state index contributed by atoms with van der Waals surface area (Å²) in [5.41, 5.74) is 6.68. The van der Waals surface area contributed by atoms with Crippen LogP contribution in [0, 0.1) is 17.2 Å². The molecule has 0 saturated heterocycles. The van der Waals surface area contributed by atoms with Crippen molar-refractivity contribution in [2.45, 2.75) is 20.3 Å². The molecule has 0 aliphatic rings. The number of nitrogens with two attached hydrogens (primary N) is 1. The Bertz CT molecular complexity index is 684. The first-order valence-electron chi connectivity index (χ1n) is 6.97. The molecule has 1 heterocycles. The fourth-order valence-electron chi connectivity index (χ4n) is 2.27. The van der Waals surface area contributed by atoms with Crippen LogP contribution in [0.15, 0.2) is 24.3 Å². The second-order valence-corrected chi connectivity index (χ2v) is 6.45. The highest BCUT2D eigenvalue weighted by Gasteiger charge is 2.22. The van der Waals surface area contributed by atoms with E-state index in [9.17, 15) is 4.79 Å². The monoisotopic (exact) mass is 301 g/mol. The van der Waals surface area contributed by atoms with E-state index in [-0.39, 0.29) is 5.91 Å². The lowest BCUT2D eigenvalue weighted by Gasteiger charge is -2.23. The molecule has 0 bridgehead atoms. The van der Waals surface area contributed by atoms with Gasteiger partial charge in [0, 0.05) is 23.2 Å². The Morgan fingerprint density at radius 3 is 2.76 bits per heavy atom. The smallest absolute Gasteiger partial charge is 0.266 e. The highest BCUT2D eigenvalue weighted by atomic mass is 32.1. The number of nitrogens with zero attached hydrogens (tertiary/aromatic N) is 2. The summed E-state index contributed by atoms with van der Waals surface area (Å²) in [7, 11) is 0. The summed E-state index contributed by atoms with van der Waals surface area (Å²) in [6.07, 6.45) is 0.337. The number of nitrogen functional groups attached to an aromatic ring is 1. The lowest BCUT2D eigenvalue weighted by Crippen LogP contribution is -2.34. The van der Waals surface area contributed by atoms with E-state index in [1.165, 1.54) is 11.3 Å². The van der Waals surface area contributed by atoms with E-state index < -0.39 is 0 Å². The van der Waals surface area contributed by atoms with Gasteiger partial charge in [-0.3, -0.25) is 4.79 Å². The number of hydrogen-bond donors (Lipinski definition) is 1. The third-order valence-electron chi connectivity index (χ3n) is 3.19. The van der Waals surface area contributed by atoms with E-state index in [1.807, 2.05) is 24.3 Å². The first-order chi connectivity index (χ1) is 10.0. The Kier molecular flexibility index (Phi) is 4.81. The average molecular weight is 301 g/mol. The molecule has 0 radical (unpaired) electrons. The second kappa shape index (κ2) is 6.59. The largest absolute Gasteiger partial charge is 0.397 e. The topological polar surface area (TPSA) is 70.1 Å². The van der Waals surface area contributed by atoms with Crippen molar-refractivity contribution in [2.24, 2.45) is 5.92 Å². The Morgan fingerprint density at radius 1 is 1.43 bits per heavy atom. The highest BCUT2D eigenvalue weighted by Crippen LogP contribution is 2.34. The summed E-state index contributed by atoms with van der Waals surface area (Å²) in [4.78, 5) is 15.0. The minimum absolute atomic E-state index is 0.0716. The van der Waals surface area contributed by atoms with Crippen molar-refractivity contribution in [1.82, 2.24) is 4.90 Å². The van der Waals surface area contributed by atoms with Crippen molar-refractivity contribution < 1.29 is 4.79 Å². The molecule has 1 aromatic carbocycles. The van der Waals surface area contributed by atoms with Crippen LogP contribution in [-0.2, 0) is 0 Å². The first-order valence-corrected chi connectivity index (χ1v) is 7.79. The number of fused-ring (bicyclic) bond motifs is 1. The maximum atomic E-state index is 12.7. The molecular weight excluding hydrogens is 282 g/mol. The predicted molar refractivity (Wildman–Crippen MR) is 87.2 cm³/mol. The molecule has 4 nitrogen and oxygen atoms in total. The fourth-order valence-corrected chi connectivity index (χ4v) is 3.36. The van der Waals surface area contributed by atoms with Gasteiger partial charge in [0.25, 0.3) is 5.91 Å². The van der Waals surface area contributed by atoms with Gasteiger partial charge in [0.1, 0.15) is 4.88 Å². The second-order valence-electron chi connectivity index (χ2n) is 5.39. The SMILES string of the molecule is CC(C)CN(CCC#N)C(=O)c1sc2ccccc2c1N. The fraction of sp³-hybridized carbons (Fsp3) is 0.375. The Balaban J connectivity index is 2.33. The molecule has 0 fully saturated rings. The summed E-state index contributed by atoms with van der Waals surface area (Å²) in [5.74, 6) is 0.279. The van der Waals surface area contributed by atoms with Crippen LogP contribution in [-0.4, -0.2) is 23.9 Å². The molecule has 0 saturated carbocycles. The predicted octanol–water partition coefficient (Wildman–Crippen LogP) is 3.50. The van der Waals surface area contributed by atoms with Crippen LogP contribution in [0.3, 0.4) is 0 Å². The van der Waals surface area contributed by atoms with Crippen LogP contribution >= 0.6 is 11.3 Å². The van der Waals surface area contributed by atoms with Gasteiger partial charge in [-0.25, -0.2) is 0 Å². The molecule has 1 aromatic heterocycles. The minimum atomic E-state index is -0.0716. The molecular formula is C16H19N3OS. The molecule has 110 valence electrons. The molecule has 0 unspecified atom stereocenters. The number of anilines is 1. The molecule has 0 spiro atoms. The van der Waals surface area contributed by atoms with E-state index in [2.05, 4.69) is 19.9 Å². The summed E-state index contributed by atoms with van der Waals surface area (Å²) >= 11 is 1.42. The molecule has 2 aromatic rings. The van der Waals surface area contributed by atoms with Gasteiger partial charge < -0.3 is 10.6 Å². The molecule has 0 atom stereocenters. The summed E-state index contributed by atoms with van der Waals surface area (Å²) < 4.78 is 1.02. The quantitative estimate of drug-likeness (QED) is 0.919. The van der Waals surface area contributed by atoms with Crippen LogP contribution in [0.1, 0.15) is 29.9 Å². The summed E-state index contributed by atoms with van der Waals surface area (Å²) in [6.45, 7) is 5.19. The lowest BCUT2D eigenvalue weighted by molar-refractivity contribution is 0.0746. The lowest BCUT2D eigenvalue weighted by atomic mass is 10.1. The number of rotatable bonds is 5. The van der Waals surface area contributed by atoms with Crippen molar-refractivity contribution in [3.63, 3.8) is 0 Å². The molecule has 5 heteroatoms. The number of carbonyl (C=O) groups excluding carboxylic acids is 1. The number of hydrogen-bond acceptors (Lipinski definition) is 4. The van der Waals surface area contributed by atoms with Crippen LogP contribution in [0.25, 0.3) is 10.1 Å². The third kappa shape index (κ3) is 3.34. The number of carbonyl (C=O) groups is 1. The van der Waals surface area contributed by atoms with E-state index in [1.54, 1.807) is 4.90 Å². The molecule has 2 N–H and O–H groups in total. The Morgan fingerprint density at radius 2 is 2.14 bits per heavy atom. The number of amides is 1. The van der Waals surface area contributed by atoms with Crippen molar-refractivity contribution in [2.75, 3.05) is 18.8 Å². The van der Waals surface area contributed by atoms with Gasteiger partial charge in [-0.05, 0) is 12.0 Å². The van der Waals surface area contributed by atoms with Gasteiger partial charge in [0.15, 0.2) is 0 Å². The van der Waals surface area contributed by atoms with Crippen LogP contribution in [0.2, 0.25) is 0 Å². The molecule has 21 heavy (non-hydrogen) atoms. The molecule has 0 aliphatic heterocycles. The maximum absolute atomic E-state index is 12.7. The summed E-state index contributed by atoms with van der Waals surface area (Å²) in [6, 6.07) is 9.85. The minimum Gasteiger partial charge on any atom is -0.397 e. The zero-order valence-electron chi connectivity index (χ0n) is 12.3. The molecule has 2 rings (SSSR count). The summed E-state index contributed by atoms with van der Waals surface area (Å²) in [5, 5.41) is 9.69. The van der Waals surface area contributed by atoms with Crippen molar-refractivity contribution in [3.05, 3.63) is 29.1 Å². The van der Waals surface area contributed by atoms with Crippen molar-refractivity contribution in [3.8, 4) is 6.07 Å². The molecule has 1 amide bonds. The third-order valence-corrected chi connectivity index (χ3v) is 4.37.